The van der Waals surface area contributed by atoms with Crippen LogP contribution in [0.25, 0.3) is 10.8 Å². The van der Waals surface area contributed by atoms with E-state index < -0.39 is 30.0 Å². The van der Waals surface area contributed by atoms with E-state index in [0.717, 1.165) is 21.9 Å². The zero-order valence-corrected chi connectivity index (χ0v) is 23.9. The summed E-state index contributed by atoms with van der Waals surface area (Å²) in [5.41, 5.74) is 2.25. The Labute approximate surface area is 250 Å². The third-order valence-corrected chi connectivity index (χ3v) is 7.68. The molecular formula is C34H34N4O5. The number of likely N-dealkylation sites (tertiary alicyclic amines) is 1. The van der Waals surface area contributed by atoms with E-state index in [1.54, 1.807) is 24.1 Å². The summed E-state index contributed by atoms with van der Waals surface area (Å²) >= 11 is 0. The van der Waals surface area contributed by atoms with E-state index in [1.165, 1.54) is 17.0 Å². The van der Waals surface area contributed by atoms with E-state index in [1.807, 2.05) is 72.8 Å². The standard InChI is InChI=1S/C34H34N4O5/c1-37(22-23-9-3-2-4-10-23)32(40)29(20-24-16-17-25-11-5-6-12-26(25)19-24)36-31(39)30-15-8-18-38(30)34(43)35-28-14-7-13-27(21-28)33(41)42/h2-7,9-14,16-17,19,21,29-30H,8,15,18,20,22H2,1H3,(H,35,43)(H,36,39)(H,41,42)/t29-,30-/m0/s1. The van der Waals surface area contributed by atoms with Gasteiger partial charge < -0.3 is 25.5 Å². The van der Waals surface area contributed by atoms with Gasteiger partial charge in [-0.25, -0.2) is 9.59 Å². The van der Waals surface area contributed by atoms with Gasteiger partial charge in [0.25, 0.3) is 0 Å². The van der Waals surface area contributed by atoms with E-state index in [9.17, 15) is 24.3 Å². The third kappa shape index (κ3) is 7.19. The van der Waals surface area contributed by atoms with Crippen LogP contribution in [-0.4, -0.2) is 64.4 Å². The molecular weight excluding hydrogens is 544 g/mol. The lowest BCUT2D eigenvalue weighted by molar-refractivity contribution is -0.136. The molecule has 2 atom stereocenters. The molecule has 9 heteroatoms. The number of rotatable bonds is 9. The van der Waals surface area contributed by atoms with Crippen molar-refractivity contribution in [2.45, 2.75) is 37.9 Å². The molecule has 0 bridgehead atoms. The van der Waals surface area contributed by atoms with Crippen molar-refractivity contribution < 1.29 is 24.3 Å². The number of anilines is 1. The van der Waals surface area contributed by atoms with Gasteiger partial charge in [-0.3, -0.25) is 9.59 Å². The summed E-state index contributed by atoms with van der Waals surface area (Å²) < 4.78 is 0. The molecule has 4 aromatic carbocycles. The number of carbonyl (C=O) groups is 4. The summed E-state index contributed by atoms with van der Waals surface area (Å²) in [6, 6.07) is 27.4. The smallest absolute Gasteiger partial charge is 0.335 e. The van der Waals surface area contributed by atoms with Crippen LogP contribution in [0.1, 0.15) is 34.3 Å². The Hall–Kier alpha value is -5.18. The summed E-state index contributed by atoms with van der Waals surface area (Å²) in [7, 11) is 1.72. The van der Waals surface area contributed by atoms with E-state index >= 15 is 0 Å². The minimum Gasteiger partial charge on any atom is -0.478 e. The van der Waals surface area contributed by atoms with Crippen LogP contribution in [-0.2, 0) is 22.6 Å². The van der Waals surface area contributed by atoms with Crippen LogP contribution in [0, 0.1) is 0 Å². The molecule has 1 saturated heterocycles. The summed E-state index contributed by atoms with van der Waals surface area (Å²) in [5, 5.41) is 17.1. The first-order valence-corrected chi connectivity index (χ1v) is 14.3. The average Bonchev–Trinajstić information content (AvgIpc) is 3.51. The zero-order valence-electron chi connectivity index (χ0n) is 23.9. The van der Waals surface area contributed by atoms with Crippen molar-refractivity contribution in [2.24, 2.45) is 0 Å². The molecule has 0 aliphatic carbocycles. The lowest BCUT2D eigenvalue weighted by atomic mass is 10.00. The predicted molar refractivity (Wildman–Crippen MR) is 165 cm³/mol. The van der Waals surface area contributed by atoms with E-state index in [2.05, 4.69) is 10.6 Å². The number of amides is 4. The number of carboxylic acids is 1. The molecule has 9 nitrogen and oxygen atoms in total. The molecule has 1 fully saturated rings. The van der Waals surface area contributed by atoms with Crippen molar-refractivity contribution in [1.82, 2.24) is 15.1 Å². The number of nitrogens with zero attached hydrogens (tertiary/aromatic N) is 2. The molecule has 0 spiro atoms. The van der Waals surface area contributed by atoms with Crippen LogP contribution < -0.4 is 10.6 Å². The maximum absolute atomic E-state index is 13.8. The molecule has 0 radical (unpaired) electrons. The van der Waals surface area contributed by atoms with Crippen molar-refractivity contribution in [3.8, 4) is 0 Å². The molecule has 0 aromatic heterocycles. The van der Waals surface area contributed by atoms with Crippen LogP contribution in [0.2, 0.25) is 0 Å². The maximum Gasteiger partial charge on any atom is 0.335 e. The van der Waals surface area contributed by atoms with Crippen molar-refractivity contribution >= 4 is 40.3 Å². The molecule has 0 saturated carbocycles. The summed E-state index contributed by atoms with van der Waals surface area (Å²) in [5.74, 6) is -1.74. The Morgan fingerprint density at radius 1 is 0.884 bits per heavy atom. The molecule has 4 aromatic rings. The highest BCUT2D eigenvalue weighted by atomic mass is 16.4. The predicted octanol–water partition coefficient (Wildman–Crippen LogP) is 4.92. The van der Waals surface area contributed by atoms with Gasteiger partial charge in [0, 0.05) is 32.2 Å². The highest BCUT2D eigenvalue weighted by Crippen LogP contribution is 2.22. The Bertz CT molecular complexity index is 1640. The van der Waals surface area contributed by atoms with Gasteiger partial charge in [0.05, 0.1) is 5.56 Å². The summed E-state index contributed by atoms with van der Waals surface area (Å²) in [4.78, 5) is 55.0. The van der Waals surface area contributed by atoms with Gasteiger partial charge >= 0.3 is 12.0 Å². The van der Waals surface area contributed by atoms with Gasteiger partial charge in [-0.1, -0.05) is 78.9 Å². The van der Waals surface area contributed by atoms with Crippen LogP contribution in [0.4, 0.5) is 10.5 Å². The number of urea groups is 1. The number of hydrogen-bond acceptors (Lipinski definition) is 4. The molecule has 0 unspecified atom stereocenters. The number of nitrogens with one attached hydrogen (secondary N) is 2. The largest absolute Gasteiger partial charge is 0.478 e. The minimum absolute atomic E-state index is 0.0446. The Kier molecular flexibility index (Phi) is 9.00. The highest BCUT2D eigenvalue weighted by molar-refractivity contribution is 5.97. The van der Waals surface area contributed by atoms with Gasteiger partial charge in [-0.05, 0) is 52.9 Å². The Morgan fingerprint density at radius 3 is 2.40 bits per heavy atom. The second-order valence-electron chi connectivity index (χ2n) is 10.8. The molecule has 5 rings (SSSR count). The van der Waals surface area contributed by atoms with Crippen LogP contribution >= 0.6 is 0 Å². The van der Waals surface area contributed by atoms with Crippen molar-refractivity contribution in [1.29, 1.82) is 0 Å². The van der Waals surface area contributed by atoms with Crippen LogP contribution in [0.15, 0.2) is 97.1 Å². The van der Waals surface area contributed by atoms with Gasteiger partial charge in [-0.2, -0.15) is 0 Å². The molecule has 1 heterocycles. The first-order chi connectivity index (χ1) is 20.8. The molecule has 1 aliphatic rings. The normalized spacial score (nSPS) is 15.1. The fourth-order valence-electron chi connectivity index (χ4n) is 5.48. The van der Waals surface area contributed by atoms with Gasteiger partial charge in [0.15, 0.2) is 0 Å². The van der Waals surface area contributed by atoms with E-state index in [-0.39, 0.29) is 17.9 Å². The monoisotopic (exact) mass is 578 g/mol. The van der Waals surface area contributed by atoms with Crippen molar-refractivity contribution in [3.05, 3.63) is 114 Å². The minimum atomic E-state index is -1.10. The van der Waals surface area contributed by atoms with Crippen molar-refractivity contribution in [2.75, 3.05) is 18.9 Å². The second kappa shape index (κ2) is 13.2. The lowest BCUT2D eigenvalue weighted by Crippen LogP contribution is -2.54. The first-order valence-electron chi connectivity index (χ1n) is 14.3. The molecule has 220 valence electrons. The van der Waals surface area contributed by atoms with Gasteiger partial charge in [0.2, 0.25) is 11.8 Å². The number of benzene rings is 4. The Balaban J connectivity index is 1.33. The number of aromatic carboxylic acids is 1. The van der Waals surface area contributed by atoms with Gasteiger partial charge in [-0.15, -0.1) is 0 Å². The van der Waals surface area contributed by atoms with Gasteiger partial charge in [0.1, 0.15) is 12.1 Å². The SMILES string of the molecule is CN(Cc1ccccc1)C(=O)[C@H](Cc1ccc2ccccc2c1)NC(=O)[C@@H]1CCCN1C(=O)Nc1cccc(C(=O)O)c1. The maximum atomic E-state index is 13.8. The molecule has 3 N–H and O–H groups in total. The second-order valence-corrected chi connectivity index (χ2v) is 10.8. The Morgan fingerprint density at radius 2 is 1.63 bits per heavy atom. The molecule has 4 amide bonds. The number of fused-ring (bicyclic) bond motifs is 1. The third-order valence-electron chi connectivity index (χ3n) is 7.68. The molecule has 43 heavy (non-hydrogen) atoms. The highest BCUT2D eigenvalue weighted by Gasteiger charge is 2.36. The fourth-order valence-corrected chi connectivity index (χ4v) is 5.48. The summed E-state index contributed by atoms with van der Waals surface area (Å²) in [6.45, 7) is 0.747. The molecule has 1 aliphatic heterocycles. The van der Waals surface area contributed by atoms with E-state index in [4.69, 9.17) is 0 Å². The van der Waals surface area contributed by atoms with Crippen LogP contribution in [0.5, 0.6) is 0 Å². The lowest BCUT2D eigenvalue weighted by Gasteiger charge is -2.29. The zero-order chi connectivity index (χ0) is 30.3. The first kappa shape index (κ1) is 29.3. The summed E-state index contributed by atoms with van der Waals surface area (Å²) in [6.07, 6.45) is 1.36. The van der Waals surface area contributed by atoms with Crippen molar-refractivity contribution in [3.63, 3.8) is 0 Å². The average molecular weight is 579 g/mol. The number of hydrogen-bond donors (Lipinski definition) is 3. The number of carbonyl (C=O) groups excluding carboxylic acids is 3. The number of carboxylic acid groups (broad SMARTS) is 1. The van der Waals surface area contributed by atoms with Crippen LogP contribution in [0.3, 0.4) is 0 Å². The fraction of sp³-hybridized carbons (Fsp3) is 0.235. The van der Waals surface area contributed by atoms with E-state index in [0.29, 0.717) is 31.6 Å². The quantitative estimate of drug-likeness (QED) is 0.261. The topological polar surface area (TPSA) is 119 Å². The number of likely N-dealkylation sites (N-methyl/N-ethyl adjacent to an activating group) is 1.